The minimum Gasteiger partial charge on any atom is -0.380 e. The second kappa shape index (κ2) is 6.33. The van der Waals surface area contributed by atoms with E-state index in [1.54, 1.807) is 24.8 Å². The predicted octanol–water partition coefficient (Wildman–Crippen LogP) is 2.91. The van der Waals surface area contributed by atoms with E-state index in [-0.39, 0.29) is 17.0 Å². The Balaban J connectivity index is 2.04. The summed E-state index contributed by atoms with van der Waals surface area (Å²) in [6.45, 7) is 1.78. The summed E-state index contributed by atoms with van der Waals surface area (Å²) < 4.78 is 13.1. The van der Waals surface area contributed by atoms with E-state index in [1.165, 1.54) is 12.1 Å². The van der Waals surface area contributed by atoms with E-state index in [1.807, 2.05) is 0 Å². The lowest BCUT2D eigenvalue weighted by atomic mass is 9.95. The van der Waals surface area contributed by atoms with Gasteiger partial charge in [0.25, 0.3) is 5.91 Å². The smallest absolute Gasteiger partial charge is 0.252 e. The van der Waals surface area contributed by atoms with Crippen molar-refractivity contribution in [1.82, 2.24) is 5.32 Å². The van der Waals surface area contributed by atoms with Crippen LogP contribution in [0.5, 0.6) is 0 Å². The summed E-state index contributed by atoms with van der Waals surface area (Å²) in [7, 11) is 0. The van der Waals surface area contributed by atoms with Gasteiger partial charge in [0.1, 0.15) is 11.4 Å². The molecule has 6 heteroatoms. The molecule has 0 saturated carbocycles. The number of nitrogens with one attached hydrogen (secondary N) is 1. The molecule has 2 N–H and O–H groups in total. The maximum absolute atomic E-state index is 13.1. The second-order valence-electron chi connectivity index (χ2n) is 5.01. The first-order valence-corrected chi connectivity index (χ1v) is 8.02. The van der Waals surface area contributed by atoms with Crippen molar-refractivity contribution in [2.75, 3.05) is 11.5 Å². The number of amides is 1. The van der Waals surface area contributed by atoms with Crippen molar-refractivity contribution in [3.05, 3.63) is 34.6 Å². The quantitative estimate of drug-likeness (QED) is 0.901. The second-order valence-corrected chi connectivity index (χ2v) is 6.64. The summed E-state index contributed by atoms with van der Waals surface area (Å²) >= 11 is 7.46. The molecule has 0 spiro atoms. The highest BCUT2D eigenvalue weighted by atomic mass is 35.5. The molecule has 1 atom stereocenters. The Morgan fingerprint density at radius 2 is 2.15 bits per heavy atom. The van der Waals surface area contributed by atoms with Gasteiger partial charge in [-0.05, 0) is 49.0 Å². The Kier molecular flexibility index (Phi) is 4.94. The third-order valence-electron chi connectivity index (χ3n) is 3.53. The highest BCUT2D eigenvalue weighted by Crippen LogP contribution is 2.28. The summed E-state index contributed by atoms with van der Waals surface area (Å²) in [6.07, 6.45) is 0.917. The standard InChI is InChI=1S/C14H17ClFNO2S/c1-9(10-2-3-12(16)11(15)8-10)17-13(18)14(19)4-6-20-7-5-14/h2-3,8-9,19H,4-7H2,1H3,(H,17,18). The molecule has 1 saturated heterocycles. The van der Waals surface area contributed by atoms with Crippen LogP contribution in [0.15, 0.2) is 18.2 Å². The van der Waals surface area contributed by atoms with Gasteiger partial charge < -0.3 is 10.4 Å². The number of thioether (sulfide) groups is 1. The fraction of sp³-hybridized carbons (Fsp3) is 0.500. The van der Waals surface area contributed by atoms with Crippen LogP contribution in [0.3, 0.4) is 0 Å². The minimum absolute atomic E-state index is 0.0244. The van der Waals surface area contributed by atoms with E-state index in [2.05, 4.69) is 5.32 Å². The van der Waals surface area contributed by atoms with Crippen LogP contribution in [-0.4, -0.2) is 28.1 Å². The summed E-state index contributed by atoms with van der Waals surface area (Å²) in [6, 6.07) is 4.00. The van der Waals surface area contributed by atoms with Gasteiger partial charge in [-0.25, -0.2) is 4.39 Å². The molecule has 20 heavy (non-hydrogen) atoms. The number of carbonyl (C=O) groups excluding carboxylic acids is 1. The first-order valence-electron chi connectivity index (χ1n) is 6.48. The van der Waals surface area contributed by atoms with Crippen molar-refractivity contribution in [2.24, 2.45) is 0 Å². The topological polar surface area (TPSA) is 49.3 Å². The molecule has 3 nitrogen and oxygen atoms in total. The summed E-state index contributed by atoms with van der Waals surface area (Å²) in [4.78, 5) is 12.2. The lowest BCUT2D eigenvalue weighted by molar-refractivity contribution is -0.141. The summed E-state index contributed by atoms with van der Waals surface area (Å²) in [5.74, 6) is 0.698. The van der Waals surface area contributed by atoms with Crippen LogP contribution in [0.25, 0.3) is 0 Å². The van der Waals surface area contributed by atoms with Crippen molar-refractivity contribution in [1.29, 1.82) is 0 Å². The summed E-state index contributed by atoms with van der Waals surface area (Å²) in [5.41, 5.74) is -0.581. The van der Waals surface area contributed by atoms with E-state index in [0.717, 1.165) is 11.5 Å². The first-order chi connectivity index (χ1) is 9.42. The number of aliphatic hydroxyl groups is 1. The van der Waals surface area contributed by atoms with E-state index >= 15 is 0 Å². The third-order valence-corrected chi connectivity index (χ3v) is 4.81. The third kappa shape index (κ3) is 3.45. The number of benzene rings is 1. The van der Waals surface area contributed by atoms with Crippen LogP contribution in [0, 0.1) is 5.82 Å². The number of halogens is 2. The average Bonchev–Trinajstić information content (AvgIpc) is 2.42. The van der Waals surface area contributed by atoms with Gasteiger partial charge in [0.05, 0.1) is 11.1 Å². The molecule has 0 aromatic heterocycles. The molecule has 2 rings (SSSR count). The molecule has 1 unspecified atom stereocenters. The molecule has 1 aromatic rings. The van der Waals surface area contributed by atoms with Crippen molar-refractivity contribution >= 4 is 29.3 Å². The van der Waals surface area contributed by atoms with Gasteiger partial charge in [0.2, 0.25) is 0 Å². The monoisotopic (exact) mass is 317 g/mol. The van der Waals surface area contributed by atoms with Gasteiger partial charge >= 0.3 is 0 Å². The largest absolute Gasteiger partial charge is 0.380 e. The lowest BCUT2D eigenvalue weighted by Gasteiger charge is -2.31. The number of rotatable bonds is 3. The highest BCUT2D eigenvalue weighted by molar-refractivity contribution is 7.99. The van der Waals surface area contributed by atoms with Gasteiger partial charge in [-0.2, -0.15) is 11.8 Å². The van der Waals surface area contributed by atoms with Crippen LogP contribution < -0.4 is 5.32 Å². The van der Waals surface area contributed by atoms with E-state index in [0.29, 0.717) is 18.4 Å². The molecule has 0 aliphatic carbocycles. The van der Waals surface area contributed by atoms with Crippen molar-refractivity contribution < 1.29 is 14.3 Å². The zero-order valence-corrected chi connectivity index (χ0v) is 12.7. The summed E-state index contributed by atoms with van der Waals surface area (Å²) in [5, 5.41) is 13.1. The zero-order valence-electron chi connectivity index (χ0n) is 11.2. The molecule has 1 aliphatic rings. The fourth-order valence-corrected chi connectivity index (χ4v) is 3.49. The van der Waals surface area contributed by atoms with Crippen LogP contribution in [0.4, 0.5) is 4.39 Å². The molecule has 110 valence electrons. The average molecular weight is 318 g/mol. The van der Waals surface area contributed by atoms with Gasteiger partial charge in [-0.15, -0.1) is 0 Å². The fourth-order valence-electron chi connectivity index (χ4n) is 2.13. The number of hydrogen-bond acceptors (Lipinski definition) is 3. The van der Waals surface area contributed by atoms with E-state index < -0.39 is 11.4 Å². The SMILES string of the molecule is CC(NC(=O)C1(O)CCSCC1)c1ccc(F)c(Cl)c1. The van der Waals surface area contributed by atoms with Crippen LogP contribution in [0.1, 0.15) is 31.4 Å². The molecule has 0 radical (unpaired) electrons. The van der Waals surface area contributed by atoms with Gasteiger partial charge in [-0.1, -0.05) is 17.7 Å². The maximum Gasteiger partial charge on any atom is 0.252 e. The molecule has 0 bridgehead atoms. The Bertz CT molecular complexity index is 506. The van der Waals surface area contributed by atoms with Crippen molar-refractivity contribution in [3.63, 3.8) is 0 Å². The molecule has 1 amide bonds. The van der Waals surface area contributed by atoms with E-state index in [9.17, 15) is 14.3 Å². The van der Waals surface area contributed by atoms with Crippen molar-refractivity contribution in [2.45, 2.75) is 31.4 Å². The lowest BCUT2D eigenvalue weighted by Crippen LogP contribution is -2.49. The highest BCUT2D eigenvalue weighted by Gasteiger charge is 2.37. The minimum atomic E-state index is -1.29. The molecule has 1 fully saturated rings. The van der Waals surface area contributed by atoms with Gasteiger partial charge in [0.15, 0.2) is 0 Å². The normalized spacial score (nSPS) is 19.4. The van der Waals surface area contributed by atoms with Crippen LogP contribution in [-0.2, 0) is 4.79 Å². The maximum atomic E-state index is 13.1. The number of carbonyl (C=O) groups is 1. The Labute approximate surface area is 126 Å². The molecular weight excluding hydrogens is 301 g/mol. The molecule has 1 heterocycles. The Morgan fingerprint density at radius 1 is 1.50 bits per heavy atom. The molecule has 1 aromatic carbocycles. The zero-order chi connectivity index (χ0) is 14.8. The number of hydrogen-bond donors (Lipinski definition) is 2. The Morgan fingerprint density at radius 3 is 2.75 bits per heavy atom. The molecule has 1 aliphatic heterocycles. The van der Waals surface area contributed by atoms with Gasteiger partial charge in [0, 0.05) is 0 Å². The molecular formula is C14H17ClFNO2S. The Hall–Kier alpha value is -0.780. The first kappa shape index (κ1) is 15.6. The van der Waals surface area contributed by atoms with Crippen LogP contribution in [0.2, 0.25) is 5.02 Å². The van der Waals surface area contributed by atoms with Crippen LogP contribution >= 0.6 is 23.4 Å². The van der Waals surface area contributed by atoms with Gasteiger partial charge in [-0.3, -0.25) is 4.79 Å². The predicted molar refractivity (Wildman–Crippen MR) is 79.5 cm³/mol. The van der Waals surface area contributed by atoms with E-state index in [4.69, 9.17) is 11.6 Å². The van der Waals surface area contributed by atoms with Crippen molar-refractivity contribution in [3.8, 4) is 0 Å².